The van der Waals surface area contributed by atoms with E-state index in [2.05, 4.69) is 15.2 Å². The second-order valence-corrected chi connectivity index (χ2v) is 5.50. The molecule has 2 heterocycles. The maximum absolute atomic E-state index is 12.5. The molecule has 1 aromatic heterocycles. The Kier molecular flexibility index (Phi) is 3.70. The predicted molar refractivity (Wildman–Crippen MR) is 77.5 cm³/mol. The number of piperidine rings is 1. The van der Waals surface area contributed by atoms with Crippen LogP contribution in [0.2, 0.25) is 0 Å². The number of rotatable bonds is 2. The SMILES string of the molecule is CC1CCN(C(=O)c2cccc(-c3ncn[nH]3)c2)CC1O. The maximum Gasteiger partial charge on any atom is 0.253 e. The van der Waals surface area contributed by atoms with E-state index in [4.69, 9.17) is 0 Å². The highest BCUT2D eigenvalue weighted by molar-refractivity contribution is 5.95. The third-order valence-electron chi connectivity index (χ3n) is 4.00. The summed E-state index contributed by atoms with van der Waals surface area (Å²) in [4.78, 5) is 18.3. The molecule has 0 saturated carbocycles. The normalized spacial score (nSPS) is 22.3. The summed E-state index contributed by atoms with van der Waals surface area (Å²) in [5.74, 6) is 0.828. The van der Waals surface area contributed by atoms with E-state index in [-0.39, 0.29) is 11.8 Å². The van der Waals surface area contributed by atoms with Gasteiger partial charge in [0, 0.05) is 24.2 Å². The summed E-state index contributed by atoms with van der Waals surface area (Å²) in [5.41, 5.74) is 1.43. The average molecular weight is 286 g/mol. The number of amides is 1. The van der Waals surface area contributed by atoms with Crippen LogP contribution < -0.4 is 0 Å². The van der Waals surface area contributed by atoms with Crippen LogP contribution in [0.1, 0.15) is 23.7 Å². The van der Waals surface area contributed by atoms with Gasteiger partial charge in [-0.05, 0) is 24.5 Å². The molecule has 1 aliphatic heterocycles. The lowest BCUT2D eigenvalue weighted by molar-refractivity contribution is 0.0248. The number of benzene rings is 1. The Morgan fingerprint density at radius 1 is 1.48 bits per heavy atom. The Hall–Kier alpha value is -2.21. The van der Waals surface area contributed by atoms with Crippen LogP contribution in [0.3, 0.4) is 0 Å². The molecule has 2 aromatic rings. The summed E-state index contributed by atoms with van der Waals surface area (Å²) in [6.07, 6.45) is 1.82. The molecule has 3 rings (SSSR count). The number of hydrogen-bond donors (Lipinski definition) is 2. The Morgan fingerprint density at radius 3 is 3.05 bits per heavy atom. The van der Waals surface area contributed by atoms with Crippen molar-refractivity contribution in [2.75, 3.05) is 13.1 Å². The third-order valence-corrected chi connectivity index (χ3v) is 4.00. The van der Waals surface area contributed by atoms with Crippen molar-refractivity contribution in [3.8, 4) is 11.4 Å². The molecule has 6 nitrogen and oxygen atoms in total. The number of aromatic amines is 1. The van der Waals surface area contributed by atoms with Crippen LogP contribution in [0.4, 0.5) is 0 Å². The van der Waals surface area contributed by atoms with E-state index in [0.29, 0.717) is 24.5 Å². The first-order chi connectivity index (χ1) is 10.1. The van der Waals surface area contributed by atoms with Crippen molar-refractivity contribution in [3.05, 3.63) is 36.2 Å². The molecule has 110 valence electrons. The summed E-state index contributed by atoms with van der Waals surface area (Å²) in [5, 5.41) is 16.5. The number of aliphatic hydroxyl groups excluding tert-OH is 1. The van der Waals surface area contributed by atoms with Gasteiger partial charge in [0.25, 0.3) is 5.91 Å². The molecular formula is C15H18N4O2. The first kappa shape index (κ1) is 13.8. The number of β-amino-alcohol motifs (C(OH)–C–C–N with tert-alkyl or cyclic N) is 1. The van der Waals surface area contributed by atoms with E-state index in [9.17, 15) is 9.90 Å². The van der Waals surface area contributed by atoms with Gasteiger partial charge in [0.15, 0.2) is 5.82 Å². The van der Waals surface area contributed by atoms with E-state index in [1.807, 2.05) is 19.1 Å². The van der Waals surface area contributed by atoms with Gasteiger partial charge in [0.2, 0.25) is 0 Å². The number of likely N-dealkylation sites (tertiary alicyclic amines) is 1. The lowest BCUT2D eigenvalue weighted by Crippen LogP contribution is -2.45. The zero-order valence-electron chi connectivity index (χ0n) is 11.9. The Morgan fingerprint density at radius 2 is 2.33 bits per heavy atom. The van der Waals surface area contributed by atoms with Gasteiger partial charge in [0.05, 0.1) is 6.10 Å². The van der Waals surface area contributed by atoms with E-state index < -0.39 is 6.10 Å². The molecule has 2 atom stereocenters. The zero-order chi connectivity index (χ0) is 14.8. The number of hydrogen-bond acceptors (Lipinski definition) is 4. The number of nitrogens with zero attached hydrogens (tertiary/aromatic N) is 3. The highest BCUT2D eigenvalue weighted by atomic mass is 16.3. The van der Waals surface area contributed by atoms with Gasteiger partial charge in [-0.15, -0.1) is 0 Å². The van der Waals surface area contributed by atoms with Crippen molar-refractivity contribution in [1.29, 1.82) is 0 Å². The summed E-state index contributed by atoms with van der Waals surface area (Å²) < 4.78 is 0. The van der Waals surface area contributed by atoms with Gasteiger partial charge in [-0.25, -0.2) is 4.98 Å². The first-order valence-electron chi connectivity index (χ1n) is 7.08. The minimum absolute atomic E-state index is 0.0534. The Balaban J connectivity index is 1.80. The minimum atomic E-state index is -0.444. The summed E-state index contributed by atoms with van der Waals surface area (Å²) in [7, 11) is 0. The van der Waals surface area contributed by atoms with Gasteiger partial charge in [-0.3, -0.25) is 9.89 Å². The fourth-order valence-corrected chi connectivity index (χ4v) is 2.56. The largest absolute Gasteiger partial charge is 0.391 e. The predicted octanol–water partition coefficient (Wildman–Crippen LogP) is 1.31. The smallest absolute Gasteiger partial charge is 0.253 e. The van der Waals surface area contributed by atoms with Crippen molar-refractivity contribution in [3.63, 3.8) is 0 Å². The fraction of sp³-hybridized carbons (Fsp3) is 0.400. The van der Waals surface area contributed by atoms with Gasteiger partial charge in [-0.1, -0.05) is 19.1 Å². The molecule has 0 spiro atoms. The third kappa shape index (κ3) is 2.80. The van der Waals surface area contributed by atoms with Gasteiger partial charge in [0.1, 0.15) is 6.33 Å². The van der Waals surface area contributed by atoms with Crippen molar-refractivity contribution in [2.45, 2.75) is 19.4 Å². The summed E-state index contributed by atoms with van der Waals surface area (Å²) >= 11 is 0. The number of H-pyrrole nitrogens is 1. The Labute approximate surface area is 122 Å². The summed E-state index contributed by atoms with van der Waals surface area (Å²) in [6, 6.07) is 7.29. The first-order valence-corrected chi connectivity index (χ1v) is 7.08. The van der Waals surface area contributed by atoms with E-state index in [0.717, 1.165) is 12.0 Å². The number of aliphatic hydroxyl groups is 1. The molecule has 0 bridgehead atoms. The molecule has 1 aliphatic rings. The monoisotopic (exact) mass is 286 g/mol. The van der Waals surface area contributed by atoms with Crippen LogP contribution in [-0.4, -0.2) is 50.3 Å². The maximum atomic E-state index is 12.5. The van der Waals surface area contributed by atoms with Gasteiger partial charge < -0.3 is 10.0 Å². The average Bonchev–Trinajstić information content (AvgIpc) is 3.04. The summed E-state index contributed by atoms with van der Waals surface area (Å²) in [6.45, 7) is 3.09. The zero-order valence-corrected chi connectivity index (χ0v) is 11.9. The lowest BCUT2D eigenvalue weighted by atomic mass is 9.95. The molecule has 2 N–H and O–H groups in total. The van der Waals surface area contributed by atoms with Crippen molar-refractivity contribution < 1.29 is 9.90 Å². The van der Waals surface area contributed by atoms with Crippen LogP contribution >= 0.6 is 0 Å². The highest BCUT2D eigenvalue weighted by Gasteiger charge is 2.27. The minimum Gasteiger partial charge on any atom is -0.391 e. The molecule has 6 heteroatoms. The molecule has 1 saturated heterocycles. The van der Waals surface area contributed by atoms with E-state index in [1.165, 1.54) is 6.33 Å². The molecular weight excluding hydrogens is 268 g/mol. The fourth-order valence-electron chi connectivity index (χ4n) is 2.56. The standard InChI is InChI=1S/C15H18N4O2/c1-10-5-6-19(8-13(10)20)15(21)12-4-2-3-11(7-12)14-16-9-17-18-14/h2-4,7,9-10,13,20H,5-6,8H2,1H3,(H,16,17,18). The second kappa shape index (κ2) is 5.65. The topological polar surface area (TPSA) is 82.1 Å². The number of carbonyl (C=O) groups excluding carboxylic acids is 1. The molecule has 1 amide bonds. The van der Waals surface area contributed by atoms with Crippen molar-refractivity contribution >= 4 is 5.91 Å². The molecule has 0 radical (unpaired) electrons. The van der Waals surface area contributed by atoms with E-state index in [1.54, 1.807) is 17.0 Å². The quantitative estimate of drug-likeness (QED) is 0.872. The van der Waals surface area contributed by atoms with Gasteiger partial charge >= 0.3 is 0 Å². The van der Waals surface area contributed by atoms with Crippen LogP contribution in [0.25, 0.3) is 11.4 Å². The number of carbonyl (C=O) groups is 1. The number of nitrogens with one attached hydrogen (secondary N) is 1. The van der Waals surface area contributed by atoms with Crippen LogP contribution in [0.5, 0.6) is 0 Å². The number of aromatic nitrogens is 3. The molecule has 1 aromatic carbocycles. The van der Waals surface area contributed by atoms with Crippen LogP contribution in [-0.2, 0) is 0 Å². The van der Waals surface area contributed by atoms with Crippen molar-refractivity contribution in [1.82, 2.24) is 20.1 Å². The molecule has 1 fully saturated rings. The molecule has 0 aliphatic carbocycles. The Bertz CT molecular complexity index is 626. The van der Waals surface area contributed by atoms with Gasteiger partial charge in [-0.2, -0.15) is 5.10 Å². The second-order valence-electron chi connectivity index (χ2n) is 5.50. The van der Waals surface area contributed by atoms with Crippen LogP contribution in [0.15, 0.2) is 30.6 Å². The van der Waals surface area contributed by atoms with Crippen LogP contribution in [0, 0.1) is 5.92 Å². The molecule has 21 heavy (non-hydrogen) atoms. The van der Waals surface area contributed by atoms with Crippen molar-refractivity contribution in [2.24, 2.45) is 5.92 Å². The van der Waals surface area contributed by atoms with E-state index >= 15 is 0 Å². The lowest BCUT2D eigenvalue weighted by Gasteiger charge is -2.34. The molecule has 2 unspecified atom stereocenters. The highest BCUT2D eigenvalue weighted by Crippen LogP contribution is 2.21.